The zero-order valence-corrected chi connectivity index (χ0v) is 19.6. The fraction of sp³-hybridized carbons (Fsp3) is 0.345. The van der Waals surface area contributed by atoms with E-state index >= 15 is 0 Å². The van der Waals surface area contributed by atoms with E-state index in [1.54, 1.807) is 29.2 Å². The Morgan fingerprint density at radius 3 is 2.26 bits per heavy atom. The molecule has 1 aliphatic rings. The summed E-state index contributed by atoms with van der Waals surface area (Å²) in [5, 5.41) is 11.3. The number of benzene rings is 3. The number of rotatable bonds is 11. The molecule has 0 spiro atoms. The Bertz CT molecular complexity index is 1080. The van der Waals surface area contributed by atoms with Gasteiger partial charge in [-0.05, 0) is 60.7 Å². The van der Waals surface area contributed by atoms with Crippen molar-refractivity contribution in [3.8, 4) is 16.9 Å². The first kappa shape index (κ1) is 24.0. The van der Waals surface area contributed by atoms with Crippen molar-refractivity contribution >= 4 is 5.91 Å². The maximum absolute atomic E-state index is 13.5. The molecule has 3 aromatic carbocycles. The van der Waals surface area contributed by atoms with Crippen molar-refractivity contribution in [2.75, 3.05) is 6.61 Å². The average Bonchev–Trinajstić information content (AvgIpc) is 3.70. The van der Waals surface area contributed by atoms with Crippen LogP contribution in [0.2, 0.25) is 0 Å². The van der Waals surface area contributed by atoms with E-state index in [1.165, 1.54) is 25.0 Å². The first-order chi connectivity index (χ1) is 16.6. The Kier molecular flexibility index (Phi) is 7.96. The maximum atomic E-state index is 13.5. The smallest absolute Gasteiger partial charge is 0.256 e. The van der Waals surface area contributed by atoms with Crippen molar-refractivity contribution in [1.82, 2.24) is 4.90 Å². The van der Waals surface area contributed by atoms with E-state index in [0.29, 0.717) is 23.5 Å². The van der Waals surface area contributed by atoms with Crippen LogP contribution in [-0.4, -0.2) is 28.6 Å². The second-order valence-electron chi connectivity index (χ2n) is 8.85. The van der Waals surface area contributed by atoms with Gasteiger partial charge in [0.2, 0.25) is 0 Å². The molecule has 0 radical (unpaired) electrons. The van der Waals surface area contributed by atoms with Gasteiger partial charge in [0.05, 0.1) is 6.61 Å². The molecule has 0 aromatic heterocycles. The lowest BCUT2D eigenvalue weighted by Crippen LogP contribution is -2.37. The molecule has 1 aliphatic carbocycles. The Morgan fingerprint density at radius 2 is 1.62 bits per heavy atom. The van der Waals surface area contributed by atoms with E-state index < -0.39 is 6.23 Å². The van der Waals surface area contributed by atoms with Gasteiger partial charge in [0.1, 0.15) is 11.6 Å². The Hall–Kier alpha value is -3.18. The van der Waals surface area contributed by atoms with Crippen molar-refractivity contribution in [2.45, 2.75) is 57.7 Å². The minimum Gasteiger partial charge on any atom is -0.493 e. The number of unbranched alkanes of at least 4 members (excludes halogenated alkanes) is 3. The Labute approximate surface area is 201 Å². The fourth-order valence-electron chi connectivity index (χ4n) is 4.11. The van der Waals surface area contributed by atoms with E-state index in [4.69, 9.17) is 4.74 Å². The Morgan fingerprint density at radius 1 is 0.971 bits per heavy atom. The molecular weight excluding hydrogens is 429 g/mol. The summed E-state index contributed by atoms with van der Waals surface area (Å²) in [7, 11) is 0. The van der Waals surface area contributed by atoms with Crippen LogP contribution in [0.15, 0.2) is 72.8 Å². The standard InChI is InChI=1S/C29H32FNO3/c1-2-3-4-7-20-34-27-9-6-5-8-26(27)29(33)31(25-18-19-25)28(32)23-12-10-21(11-13-23)22-14-16-24(30)17-15-22/h5-6,8-17,25,29,33H,2-4,7,18-20H2,1H3. The number of amides is 1. The van der Waals surface area contributed by atoms with Gasteiger partial charge in [-0.3, -0.25) is 4.79 Å². The average molecular weight is 462 g/mol. The number of hydrogen-bond acceptors (Lipinski definition) is 3. The summed E-state index contributed by atoms with van der Waals surface area (Å²) in [5.41, 5.74) is 2.90. The summed E-state index contributed by atoms with van der Waals surface area (Å²) in [6.45, 7) is 2.76. The van der Waals surface area contributed by atoms with Crippen LogP contribution in [0.4, 0.5) is 4.39 Å². The molecule has 0 bridgehead atoms. The molecule has 1 unspecified atom stereocenters. The molecule has 178 valence electrons. The largest absolute Gasteiger partial charge is 0.493 e. The third-order valence-corrected chi connectivity index (χ3v) is 6.20. The molecule has 4 rings (SSSR count). The van der Waals surface area contributed by atoms with E-state index in [-0.39, 0.29) is 17.8 Å². The molecular formula is C29H32FNO3. The molecule has 1 fully saturated rings. The molecule has 5 heteroatoms. The number of carbonyl (C=O) groups excluding carboxylic acids is 1. The molecule has 34 heavy (non-hydrogen) atoms. The lowest BCUT2D eigenvalue weighted by molar-refractivity contribution is 0.000930. The fourth-order valence-corrected chi connectivity index (χ4v) is 4.11. The summed E-state index contributed by atoms with van der Waals surface area (Å²) < 4.78 is 19.2. The predicted octanol–water partition coefficient (Wildman–Crippen LogP) is 6.75. The van der Waals surface area contributed by atoms with Crippen LogP contribution in [0.3, 0.4) is 0 Å². The first-order valence-corrected chi connectivity index (χ1v) is 12.2. The maximum Gasteiger partial charge on any atom is 0.256 e. The van der Waals surface area contributed by atoms with Gasteiger partial charge in [-0.2, -0.15) is 0 Å². The molecule has 1 saturated carbocycles. The topological polar surface area (TPSA) is 49.8 Å². The molecule has 1 amide bonds. The zero-order chi connectivity index (χ0) is 23.9. The van der Waals surface area contributed by atoms with Gasteiger partial charge in [0, 0.05) is 17.2 Å². The summed E-state index contributed by atoms with van der Waals surface area (Å²) in [5.74, 6) is 0.129. The lowest BCUT2D eigenvalue weighted by Gasteiger charge is -2.29. The second-order valence-corrected chi connectivity index (χ2v) is 8.85. The number of halogens is 1. The summed E-state index contributed by atoms with van der Waals surface area (Å²) >= 11 is 0. The molecule has 0 heterocycles. The van der Waals surface area contributed by atoms with Gasteiger partial charge in [-0.1, -0.05) is 68.7 Å². The van der Waals surface area contributed by atoms with Crippen molar-refractivity contribution in [1.29, 1.82) is 0 Å². The number of aliphatic hydroxyl groups is 1. The van der Waals surface area contributed by atoms with E-state index in [0.717, 1.165) is 36.8 Å². The van der Waals surface area contributed by atoms with Crippen LogP contribution in [0.25, 0.3) is 11.1 Å². The van der Waals surface area contributed by atoms with Crippen molar-refractivity contribution in [3.05, 3.63) is 89.7 Å². The molecule has 0 saturated heterocycles. The van der Waals surface area contributed by atoms with Crippen LogP contribution in [-0.2, 0) is 0 Å². The Balaban J connectivity index is 1.50. The quantitative estimate of drug-likeness (QED) is 0.254. The monoisotopic (exact) mass is 461 g/mol. The number of hydrogen-bond donors (Lipinski definition) is 1. The molecule has 1 atom stereocenters. The van der Waals surface area contributed by atoms with Crippen molar-refractivity contribution in [3.63, 3.8) is 0 Å². The van der Waals surface area contributed by atoms with Crippen molar-refractivity contribution < 1.29 is 19.0 Å². The highest BCUT2D eigenvalue weighted by Crippen LogP contribution is 2.37. The third-order valence-electron chi connectivity index (χ3n) is 6.20. The van der Waals surface area contributed by atoms with Crippen LogP contribution >= 0.6 is 0 Å². The molecule has 3 aromatic rings. The molecule has 1 N–H and O–H groups in total. The number of para-hydroxylation sites is 1. The normalized spacial score (nSPS) is 14.0. The minimum absolute atomic E-state index is 0.0110. The zero-order valence-electron chi connectivity index (χ0n) is 19.6. The van der Waals surface area contributed by atoms with Gasteiger partial charge in [-0.25, -0.2) is 4.39 Å². The van der Waals surface area contributed by atoms with Gasteiger partial charge in [0.25, 0.3) is 5.91 Å². The van der Waals surface area contributed by atoms with Crippen molar-refractivity contribution in [2.24, 2.45) is 0 Å². The summed E-state index contributed by atoms with van der Waals surface area (Å²) in [4.78, 5) is 15.0. The van der Waals surface area contributed by atoms with Crippen LogP contribution < -0.4 is 4.74 Å². The number of ether oxygens (including phenoxy) is 1. The first-order valence-electron chi connectivity index (χ1n) is 12.2. The van der Waals surface area contributed by atoms with E-state index in [2.05, 4.69) is 6.92 Å². The third kappa shape index (κ3) is 5.84. The van der Waals surface area contributed by atoms with Gasteiger partial charge < -0.3 is 14.7 Å². The molecule has 0 aliphatic heterocycles. The van der Waals surface area contributed by atoms with Gasteiger partial charge in [0.15, 0.2) is 6.23 Å². The van der Waals surface area contributed by atoms with E-state index in [1.807, 2.05) is 36.4 Å². The van der Waals surface area contributed by atoms with Gasteiger partial charge >= 0.3 is 0 Å². The number of carbonyl (C=O) groups is 1. The van der Waals surface area contributed by atoms with Crippen LogP contribution in [0, 0.1) is 5.82 Å². The summed E-state index contributed by atoms with van der Waals surface area (Å²) in [6.07, 6.45) is 5.08. The second kappa shape index (κ2) is 11.3. The van der Waals surface area contributed by atoms with Gasteiger partial charge in [-0.15, -0.1) is 0 Å². The summed E-state index contributed by atoms with van der Waals surface area (Å²) in [6, 6.07) is 20.9. The highest BCUT2D eigenvalue weighted by molar-refractivity contribution is 5.95. The highest BCUT2D eigenvalue weighted by atomic mass is 19.1. The predicted molar refractivity (Wildman–Crippen MR) is 132 cm³/mol. The number of aliphatic hydroxyl groups excluding tert-OH is 1. The lowest BCUT2D eigenvalue weighted by atomic mass is 10.0. The SMILES string of the molecule is CCCCCCOc1ccccc1C(O)N(C(=O)c1ccc(-c2ccc(F)cc2)cc1)C1CC1. The minimum atomic E-state index is -1.08. The number of nitrogens with zero attached hydrogens (tertiary/aromatic N) is 1. The van der Waals surface area contributed by atoms with E-state index in [9.17, 15) is 14.3 Å². The highest BCUT2D eigenvalue weighted by Gasteiger charge is 2.38. The van der Waals surface area contributed by atoms with Crippen LogP contribution in [0.5, 0.6) is 5.75 Å². The van der Waals surface area contributed by atoms with Crippen LogP contribution in [0.1, 0.15) is 67.6 Å². The molecule has 4 nitrogen and oxygen atoms in total.